The van der Waals surface area contributed by atoms with E-state index in [-0.39, 0.29) is 6.09 Å². The third-order valence-electron chi connectivity index (χ3n) is 3.91. The molecule has 0 radical (unpaired) electrons. The molecule has 2 atom stereocenters. The van der Waals surface area contributed by atoms with Crippen LogP contribution in [0.2, 0.25) is 0 Å². The van der Waals surface area contributed by atoms with Crippen LogP contribution in [-0.2, 0) is 4.74 Å². The molecule has 2 saturated heterocycles. The van der Waals surface area contributed by atoms with Crippen LogP contribution in [0.25, 0.3) is 0 Å². The first-order valence-corrected chi connectivity index (χ1v) is 7.37. The van der Waals surface area contributed by atoms with Crippen molar-refractivity contribution in [3.63, 3.8) is 0 Å². The van der Waals surface area contributed by atoms with Gasteiger partial charge in [-0.15, -0.1) is 0 Å². The van der Waals surface area contributed by atoms with Gasteiger partial charge in [0.1, 0.15) is 5.60 Å². The van der Waals surface area contributed by atoms with E-state index >= 15 is 0 Å². The second-order valence-electron chi connectivity index (χ2n) is 6.57. The minimum atomic E-state index is -0.415. The molecule has 0 bridgehead atoms. The summed E-state index contributed by atoms with van der Waals surface area (Å²) in [4.78, 5) is 14.1. The van der Waals surface area contributed by atoms with E-state index in [0.717, 1.165) is 19.5 Å². The number of fused-ring (bicyclic) bond motifs is 1. The van der Waals surface area contributed by atoms with Gasteiger partial charge in [0, 0.05) is 32.2 Å². The molecule has 0 saturated carbocycles. The number of hydrogen-bond acceptors (Lipinski definition) is 4. The van der Waals surface area contributed by atoms with E-state index in [2.05, 4.69) is 15.5 Å². The zero-order valence-electron chi connectivity index (χ0n) is 12.4. The highest BCUT2D eigenvalue weighted by atomic mass is 16.6. The highest BCUT2D eigenvalue weighted by Crippen LogP contribution is 2.27. The highest BCUT2D eigenvalue weighted by molar-refractivity contribution is 5.67. The summed E-state index contributed by atoms with van der Waals surface area (Å²) in [7, 11) is 0. The summed E-state index contributed by atoms with van der Waals surface area (Å²) in [5.41, 5.74) is -0.415. The number of carbonyl (C=O) groups excluding carboxylic acids is 1. The summed E-state index contributed by atoms with van der Waals surface area (Å²) in [6, 6.07) is 0.661. The van der Waals surface area contributed by atoms with E-state index in [1.165, 1.54) is 19.5 Å². The maximum atomic E-state index is 11.6. The average Bonchev–Trinajstić information content (AvgIpc) is 2.70. The lowest BCUT2D eigenvalue weighted by Crippen LogP contribution is -2.50. The van der Waals surface area contributed by atoms with Crippen LogP contribution in [0.4, 0.5) is 4.79 Å². The van der Waals surface area contributed by atoms with Gasteiger partial charge in [0.25, 0.3) is 0 Å². The van der Waals surface area contributed by atoms with Gasteiger partial charge >= 0.3 is 6.09 Å². The van der Waals surface area contributed by atoms with Gasteiger partial charge < -0.3 is 15.4 Å². The van der Waals surface area contributed by atoms with Crippen LogP contribution in [0.1, 0.15) is 33.6 Å². The van der Waals surface area contributed by atoms with Crippen molar-refractivity contribution < 1.29 is 9.53 Å². The lowest BCUT2D eigenvalue weighted by Gasteiger charge is -2.33. The predicted octanol–water partition coefficient (Wildman–Crippen LogP) is 1.19. The van der Waals surface area contributed by atoms with Gasteiger partial charge in [-0.2, -0.15) is 0 Å². The molecule has 2 fully saturated rings. The van der Waals surface area contributed by atoms with E-state index in [1.807, 2.05) is 20.8 Å². The molecule has 0 aromatic carbocycles. The predicted molar refractivity (Wildman–Crippen MR) is 75.2 cm³/mol. The molecular weight excluding hydrogens is 242 g/mol. The Kier molecular flexibility index (Phi) is 4.68. The van der Waals surface area contributed by atoms with E-state index in [0.29, 0.717) is 18.5 Å². The zero-order valence-corrected chi connectivity index (χ0v) is 12.4. The molecule has 1 amide bonds. The largest absolute Gasteiger partial charge is 0.444 e. The SMILES string of the molecule is CC(C)(C)OC(=O)NCCC1CCN2CCNCC12. The van der Waals surface area contributed by atoms with Gasteiger partial charge in [-0.3, -0.25) is 4.90 Å². The van der Waals surface area contributed by atoms with Crippen LogP contribution in [0, 0.1) is 5.92 Å². The quantitative estimate of drug-likeness (QED) is 0.808. The first kappa shape index (κ1) is 14.6. The Hall–Kier alpha value is -0.810. The van der Waals surface area contributed by atoms with Crippen molar-refractivity contribution in [1.29, 1.82) is 0 Å². The van der Waals surface area contributed by atoms with E-state index < -0.39 is 5.60 Å². The summed E-state index contributed by atoms with van der Waals surface area (Å²) < 4.78 is 5.24. The molecule has 2 aliphatic rings. The minimum absolute atomic E-state index is 0.302. The summed E-state index contributed by atoms with van der Waals surface area (Å²) in [6.07, 6.45) is 1.99. The number of amides is 1. The maximum absolute atomic E-state index is 11.6. The third-order valence-corrected chi connectivity index (χ3v) is 3.91. The second kappa shape index (κ2) is 6.09. The van der Waals surface area contributed by atoms with Crippen molar-refractivity contribution in [2.45, 2.75) is 45.3 Å². The molecule has 2 heterocycles. The first-order valence-electron chi connectivity index (χ1n) is 7.37. The molecule has 0 aromatic heterocycles. The number of piperazine rings is 1. The Morgan fingerprint density at radius 3 is 2.95 bits per heavy atom. The topological polar surface area (TPSA) is 53.6 Å². The van der Waals surface area contributed by atoms with Gasteiger partial charge in [-0.1, -0.05) is 0 Å². The Balaban J connectivity index is 1.67. The van der Waals surface area contributed by atoms with Crippen LogP contribution in [0.5, 0.6) is 0 Å². The Labute approximate surface area is 116 Å². The standard InChI is InChI=1S/C14H27N3O2/c1-14(2,3)19-13(18)16-6-4-11-5-8-17-9-7-15-10-12(11)17/h11-12,15H,4-10H2,1-3H3,(H,16,18). The van der Waals surface area contributed by atoms with Crippen LogP contribution < -0.4 is 10.6 Å². The number of hydrogen-bond donors (Lipinski definition) is 2. The summed E-state index contributed by atoms with van der Waals surface area (Å²) in [5.74, 6) is 0.697. The van der Waals surface area contributed by atoms with E-state index in [9.17, 15) is 4.79 Å². The number of carbonyl (C=O) groups is 1. The van der Waals surface area contributed by atoms with Crippen molar-refractivity contribution in [2.24, 2.45) is 5.92 Å². The van der Waals surface area contributed by atoms with Gasteiger partial charge in [0.15, 0.2) is 0 Å². The monoisotopic (exact) mass is 269 g/mol. The fraction of sp³-hybridized carbons (Fsp3) is 0.929. The number of ether oxygens (including phenoxy) is 1. The van der Waals surface area contributed by atoms with Crippen molar-refractivity contribution in [3.8, 4) is 0 Å². The van der Waals surface area contributed by atoms with Crippen molar-refractivity contribution >= 4 is 6.09 Å². The normalized spacial score (nSPS) is 27.9. The zero-order chi connectivity index (χ0) is 13.9. The Bertz CT molecular complexity index is 314. The molecule has 0 aromatic rings. The Morgan fingerprint density at radius 1 is 1.42 bits per heavy atom. The summed E-state index contributed by atoms with van der Waals surface area (Å²) in [5, 5.41) is 6.32. The number of rotatable bonds is 3. The average molecular weight is 269 g/mol. The molecule has 2 unspecified atom stereocenters. The molecule has 2 N–H and O–H groups in total. The second-order valence-corrected chi connectivity index (χ2v) is 6.57. The lowest BCUT2D eigenvalue weighted by molar-refractivity contribution is 0.0523. The molecule has 5 nitrogen and oxygen atoms in total. The fourth-order valence-electron chi connectivity index (χ4n) is 3.04. The summed E-state index contributed by atoms with van der Waals surface area (Å²) >= 11 is 0. The van der Waals surface area contributed by atoms with Gasteiger partial charge in [-0.25, -0.2) is 4.79 Å². The molecule has 0 aliphatic carbocycles. The van der Waals surface area contributed by atoms with Gasteiger partial charge in [0.05, 0.1) is 0 Å². The van der Waals surface area contributed by atoms with Crippen molar-refractivity contribution in [1.82, 2.24) is 15.5 Å². The van der Waals surface area contributed by atoms with Crippen molar-refractivity contribution in [3.05, 3.63) is 0 Å². The van der Waals surface area contributed by atoms with Crippen LogP contribution in [0.15, 0.2) is 0 Å². The molecule has 2 rings (SSSR count). The molecule has 2 aliphatic heterocycles. The molecule has 19 heavy (non-hydrogen) atoms. The third kappa shape index (κ3) is 4.35. The van der Waals surface area contributed by atoms with Gasteiger partial charge in [0.2, 0.25) is 0 Å². The first-order chi connectivity index (χ1) is 8.96. The summed E-state index contributed by atoms with van der Waals surface area (Å²) in [6.45, 7) is 10.9. The fourth-order valence-corrected chi connectivity index (χ4v) is 3.04. The minimum Gasteiger partial charge on any atom is -0.444 e. The number of nitrogens with zero attached hydrogens (tertiary/aromatic N) is 1. The van der Waals surface area contributed by atoms with Crippen molar-refractivity contribution in [2.75, 3.05) is 32.7 Å². The Morgan fingerprint density at radius 2 is 2.21 bits per heavy atom. The van der Waals surface area contributed by atoms with E-state index in [4.69, 9.17) is 4.74 Å². The molecular formula is C14H27N3O2. The number of alkyl carbamates (subject to hydrolysis) is 1. The lowest BCUT2D eigenvalue weighted by atomic mass is 9.96. The van der Waals surface area contributed by atoms with Crippen LogP contribution >= 0.6 is 0 Å². The number of nitrogens with one attached hydrogen (secondary N) is 2. The molecule has 5 heteroatoms. The molecule has 0 spiro atoms. The molecule has 110 valence electrons. The maximum Gasteiger partial charge on any atom is 0.407 e. The highest BCUT2D eigenvalue weighted by Gasteiger charge is 2.34. The van der Waals surface area contributed by atoms with Crippen LogP contribution in [0.3, 0.4) is 0 Å². The van der Waals surface area contributed by atoms with Gasteiger partial charge in [-0.05, 0) is 46.1 Å². The van der Waals surface area contributed by atoms with E-state index in [1.54, 1.807) is 0 Å². The smallest absolute Gasteiger partial charge is 0.407 e. The van der Waals surface area contributed by atoms with Crippen LogP contribution in [-0.4, -0.2) is 55.4 Å².